The predicted octanol–water partition coefficient (Wildman–Crippen LogP) is 5.22. The molecule has 0 saturated heterocycles. The fourth-order valence-corrected chi connectivity index (χ4v) is 4.92. The first-order valence-corrected chi connectivity index (χ1v) is 11.7. The van der Waals surface area contributed by atoms with Crippen LogP contribution in [-0.2, 0) is 4.79 Å². The zero-order valence-electron chi connectivity index (χ0n) is 17.4. The van der Waals surface area contributed by atoms with E-state index in [4.69, 9.17) is 0 Å². The fraction of sp³-hybridized carbons (Fsp3) is 0.217. The van der Waals surface area contributed by atoms with E-state index in [0.717, 1.165) is 11.3 Å². The molecule has 2 heterocycles. The molecule has 8 heteroatoms. The Morgan fingerprint density at radius 1 is 1.03 bits per heavy atom. The van der Waals surface area contributed by atoms with Crippen LogP contribution in [0.15, 0.2) is 69.9 Å². The molecule has 158 valence electrons. The largest absolute Gasteiger partial charge is 0.301 e. The summed E-state index contributed by atoms with van der Waals surface area (Å²) in [6.45, 7) is 5.68. The van der Waals surface area contributed by atoms with Crippen LogP contribution >= 0.6 is 23.1 Å². The zero-order chi connectivity index (χ0) is 22.0. The number of benzene rings is 2. The molecule has 31 heavy (non-hydrogen) atoms. The van der Waals surface area contributed by atoms with Crippen molar-refractivity contribution in [2.75, 3.05) is 5.32 Å². The highest BCUT2D eigenvalue weighted by Crippen LogP contribution is 2.28. The molecule has 2 aromatic carbocycles. The minimum absolute atomic E-state index is 0.0743. The first-order valence-electron chi connectivity index (χ1n) is 9.94. The number of thioether (sulfide) groups is 1. The van der Waals surface area contributed by atoms with Crippen molar-refractivity contribution < 1.29 is 4.79 Å². The van der Waals surface area contributed by atoms with Gasteiger partial charge in [0.1, 0.15) is 0 Å². The van der Waals surface area contributed by atoms with E-state index in [1.165, 1.54) is 23.1 Å². The molecule has 0 aliphatic heterocycles. The maximum absolute atomic E-state index is 13.0. The molecular formula is C23H22N4O2S2. The molecule has 1 amide bonds. The summed E-state index contributed by atoms with van der Waals surface area (Å²) in [6.07, 6.45) is 0. The van der Waals surface area contributed by atoms with Gasteiger partial charge in [-0.15, -0.1) is 11.3 Å². The number of nitrogens with zero attached hydrogens (tertiary/aromatic N) is 3. The van der Waals surface area contributed by atoms with E-state index in [0.29, 0.717) is 21.2 Å². The van der Waals surface area contributed by atoms with Gasteiger partial charge in [-0.25, -0.2) is 9.97 Å². The number of fused-ring (bicyclic) bond motifs is 1. The van der Waals surface area contributed by atoms with E-state index in [-0.39, 0.29) is 17.5 Å². The Kier molecular flexibility index (Phi) is 6.20. The van der Waals surface area contributed by atoms with Gasteiger partial charge >= 0.3 is 0 Å². The summed E-state index contributed by atoms with van der Waals surface area (Å²) in [6, 6.07) is 17.0. The Bertz CT molecular complexity index is 1280. The minimum Gasteiger partial charge on any atom is -0.301 e. The van der Waals surface area contributed by atoms with Gasteiger partial charge in [-0.05, 0) is 32.9 Å². The van der Waals surface area contributed by atoms with E-state index in [1.54, 1.807) is 17.6 Å². The summed E-state index contributed by atoms with van der Waals surface area (Å²) < 4.78 is 1.65. The van der Waals surface area contributed by atoms with E-state index in [2.05, 4.69) is 15.3 Å². The molecule has 0 aliphatic carbocycles. The first kappa shape index (κ1) is 21.3. The second kappa shape index (κ2) is 9.03. The molecule has 0 bridgehead atoms. The quantitative estimate of drug-likeness (QED) is 0.322. The van der Waals surface area contributed by atoms with Gasteiger partial charge in [0.2, 0.25) is 5.91 Å². The molecule has 2 aromatic heterocycles. The number of hydrogen-bond acceptors (Lipinski definition) is 6. The molecule has 4 rings (SSSR count). The number of para-hydroxylation sites is 1. The van der Waals surface area contributed by atoms with Crippen LogP contribution in [0.3, 0.4) is 0 Å². The average molecular weight is 451 g/mol. The molecule has 0 unspecified atom stereocenters. The highest BCUT2D eigenvalue weighted by Gasteiger charge is 2.21. The van der Waals surface area contributed by atoms with Gasteiger partial charge < -0.3 is 5.32 Å². The van der Waals surface area contributed by atoms with Crippen LogP contribution in [-0.4, -0.2) is 25.7 Å². The number of nitrogens with one attached hydrogen (secondary N) is 1. The SMILES string of the molecule is CC(C)n1c(S[C@@H](C)C(=O)Nc2nc(-c3ccccc3)cs2)nc2ccccc2c1=O. The number of anilines is 1. The molecule has 0 spiro atoms. The molecule has 1 atom stereocenters. The second-order valence-electron chi connectivity index (χ2n) is 7.33. The average Bonchev–Trinajstić information content (AvgIpc) is 3.22. The van der Waals surface area contributed by atoms with Gasteiger partial charge in [-0.2, -0.15) is 0 Å². The molecule has 1 N–H and O–H groups in total. The van der Waals surface area contributed by atoms with Crippen molar-refractivity contribution in [1.29, 1.82) is 0 Å². The minimum atomic E-state index is -0.456. The smallest absolute Gasteiger partial charge is 0.262 e. The number of thiazole rings is 1. The highest BCUT2D eigenvalue weighted by molar-refractivity contribution is 8.00. The second-order valence-corrected chi connectivity index (χ2v) is 9.50. The van der Waals surface area contributed by atoms with Crippen molar-refractivity contribution in [3.63, 3.8) is 0 Å². The lowest BCUT2D eigenvalue weighted by Crippen LogP contribution is -2.28. The summed E-state index contributed by atoms with van der Waals surface area (Å²) in [5, 5.41) is 6.01. The topological polar surface area (TPSA) is 76.9 Å². The van der Waals surface area contributed by atoms with Crippen LogP contribution in [0.1, 0.15) is 26.8 Å². The highest BCUT2D eigenvalue weighted by atomic mass is 32.2. The monoisotopic (exact) mass is 450 g/mol. The lowest BCUT2D eigenvalue weighted by atomic mass is 10.2. The van der Waals surface area contributed by atoms with E-state index >= 15 is 0 Å². The van der Waals surface area contributed by atoms with Crippen molar-refractivity contribution in [1.82, 2.24) is 14.5 Å². The Hall–Kier alpha value is -2.97. The Morgan fingerprint density at radius 2 is 1.74 bits per heavy atom. The number of rotatable bonds is 6. The van der Waals surface area contributed by atoms with Crippen LogP contribution in [0.2, 0.25) is 0 Å². The summed E-state index contributed by atoms with van der Waals surface area (Å²) in [5.41, 5.74) is 2.36. The van der Waals surface area contributed by atoms with Crippen molar-refractivity contribution in [3.8, 4) is 11.3 Å². The van der Waals surface area contributed by atoms with Crippen molar-refractivity contribution >= 4 is 45.0 Å². The van der Waals surface area contributed by atoms with Crippen molar-refractivity contribution in [2.45, 2.75) is 37.2 Å². The van der Waals surface area contributed by atoms with Gasteiger partial charge in [0.05, 0.1) is 21.8 Å². The first-order chi connectivity index (χ1) is 14.9. The van der Waals surface area contributed by atoms with E-state index < -0.39 is 5.25 Å². The Balaban J connectivity index is 1.54. The number of carbonyl (C=O) groups is 1. The molecule has 0 radical (unpaired) electrons. The lowest BCUT2D eigenvalue weighted by molar-refractivity contribution is -0.115. The summed E-state index contributed by atoms with van der Waals surface area (Å²) in [4.78, 5) is 35.0. The molecule has 0 fully saturated rings. The molecule has 4 aromatic rings. The standard InChI is InChI=1S/C23H22N4O2S2/c1-14(2)27-21(29)17-11-7-8-12-18(17)25-23(27)31-15(3)20(28)26-22-24-19(13-30-22)16-9-5-4-6-10-16/h4-15H,1-3H3,(H,24,26,28)/t15-/m0/s1. The van der Waals surface area contributed by atoms with Crippen LogP contribution in [0.5, 0.6) is 0 Å². The van der Waals surface area contributed by atoms with Crippen molar-refractivity contribution in [2.24, 2.45) is 0 Å². The predicted molar refractivity (Wildman–Crippen MR) is 128 cm³/mol. The number of amides is 1. The molecular weight excluding hydrogens is 428 g/mol. The van der Waals surface area contributed by atoms with Crippen LogP contribution < -0.4 is 10.9 Å². The third-order valence-corrected chi connectivity index (χ3v) is 6.57. The van der Waals surface area contributed by atoms with Gasteiger partial charge in [-0.3, -0.25) is 14.2 Å². The Morgan fingerprint density at radius 3 is 2.48 bits per heavy atom. The number of carbonyl (C=O) groups excluding carboxylic acids is 1. The molecule has 0 saturated carbocycles. The lowest BCUT2D eigenvalue weighted by Gasteiger charge is -2.18. The summed E-state index contributed by atoms with van der Waals surface area (Å²) in [7, 11) is 0. The zero-order valence-corrected chi connectivity index (χ0v) is 19.0. The van der Waals surface area contributed by atoms with Crippen LogP contribution in [0.25, 0.3) is 22.2 Å². The number of aromatic nitrogens is 3. The maximum atomic E-state index is 13.0. The Labute approximate surface area is 188 Å². The van der Waals surface area contributed by atoms with E-state index in [9.17, 15) is 9.59 Å². The van der Waals surface area contributed by atoms with Gasteiger partial charge in [0.25, 0.3) is 5.56 Å². The van der Waals surface area contributed by atoms with Crippen LogP contribution in [0, 0.1) is 0 Å². The summed E-state index contributed by atoms with van der Waals surface area (Å²) >= 11 is 2.66. The fourth-order valence-electron chi connectivity index (χ4n) is 3.16. The van der Waals surface area contributed by atoms with Crippen LogP contribution in [0.4, 0.5) is 5.13 Å². The molecule has 6 nitrogen and oxygen atoms in total. The van der Waals surface area contributed by atoms with Gasteiger partial charge in [0, 0.05) is 17.0 Å². The van der Waals surface area contributed by atoms with Gasteiger partial charge in [0.15, 0.2) is 10.3 Å². The number of hydrogen-bond donors (Lipinski definition) is 1. The third-order valence-electron chi connectivity index (χ3n) is 4.75. The van der Waals surface area contributed by atoms with Crippen molar-refractivity contribution in [3.05, 3.63) is 70.3 Å². The third kappa shape index (κ3) is 4.55. The maximum Gasteiger partial charge on any atom is 0.262 e. The summed E-state index contributed by atoms with van der Waals surface area (Å²) in [5.74, 6) is -0.184. The van der Waals surface area contributed by atoms with E-state index in [1.807, 2.05) is 67.8 Å². The van der Waals surface area contributed by atoms with Gasteiger partial charge in [-0.1, -0.05) is 54.2 Å². The normalized spacial score (nSPS) is 12.3. The molecule has 0 aliphatic rings.